The average molecular weight is 296 g/mol. The van der Waals surface area contributed by atoms with E-state index in [-0.39, 0.29) is 12.4 Å². The molecule has 20 heavy (non-hydrogen) atoms. The van der Waals surface area contributed by atoms with E-state index in [1.54, 1.807) is 11.3 Å². The van der Waals surface area contributed by atoms with Gasteiger partial charge in [-0.25, -0.2) is 4.98 Å². The van der Waals surface area contributed by atoms with Crippen LogP contribution in [0.15, 0.2) is 5.38 Å². The largest absolute Gasteiger partial charge is 0.466 e. The number of carbonyl (C=O) groups excluding carboxylic acids is 1. The molecule has 1 aliphatic carbocycles. The number of carbonyl (C=O) groups is 1. The van der Waals surface area contributed by atoms with Crippen LogP contribution in [0.2, 0.25) is 0 Å². The zero-order valence-electron chi connectivity index (χ0n) is 12.4. The number of anilines is 1. The third-order valence-electron chi connectivity index (χ3n) is 3.92. The second-order valence-electron chi connectivity index (χ2n) is 5.33. The summed E-state index contributed by atoms with van der Waals surface area (Å²) in [6.07, 6.45) is 6.69. The Morgan fingerprint density at radius 2 is 2.25 bits per heavy atom. The fourth-order valence-electron chi connectivity index (χ4n) is 2.86. The summed E-state index contributed by atoms with van der Waals surface area (Å²) in [6.45, 7) is 4.51. The summed E-state index contributed by atoms with van der Waals surface area (Å²) < 4.78 is 4.94. The SMILES string of the molecule is CCOC(=O)Cc1csc(NC2CCCCC2CC)n1. The Labute approximate surface area is 124 Å². The highest BCUT2D eigenvalue weighted by Gasteiger charge is 2.24. The van der Waals surface area contributed by atoms with Crippen LogP contribution in [-0.4, -0.2) is 23.6 Å². The Bertz CT molecular complexity index is 433. The number of hydrogen-bond acceptors (Lipinski definition) is 5. The van der Waals surface area contributed by atoms with Crippen LogP contribution in [0.4, 0.5) is 5.13 Å². The van der Waals surface area contributed by atoms with Crippen molar-refractivity contribution in [1.29, 1.82) is 0 Å². The molecule has 0 aromatic carbocycles. The van der Waals surface area contributed by atoms with Gasteiger partial charge >= 0.3 is 5.97 Å². The third kappa shape index (κ3) is 4.20. The van der Waals surface area contributed by atoms with Gasteiger partial charge in [-0.2, -0.15) is 0 Å². The Kier molecular flexibility index (Phi) is 5.83. The number of thiazole rings is 1. The van der Waals surface area contributed by atoms with Crippen molar-refractivity contribution in [3.8, 4) is 0 Å². The number of hydrogen-bond donors (Lipinski definition) is 1. The van der Waals surface area contributed by atoms with Crippen LogP contribution in [0.5, 0.6) is 0 Å². The zero-order chi connectivity index (χ0) is 14.4. The van der Waals surface area contributed by atoms with E-state index >= 15 is 0 Å². The molecule has 1 N–H and O–H groups in total. The molecule has 1 aromatic rings. The van der Waals surface area contributed by atoms with E-state index in [4.69, 9.17) is 4.74 Å². The minimum atomic E-state index is -0.201. The molecule has 0 saturated heterocycles. The van der Waals surface area contributed by atoms with E-state index in [0.717, 1.165) is 16.7 Å². The van der Waals surface area contributed by atoms with Gasteiger partial charge in [0, 0.05) is 11.4 Å². The fraction of sp³-hybridized carbons (Fsp3) is 0.733. The second-order valence-corrected chi connectivity index (χ2v) is 6.19. The van der Waals surface area contributed by atoms with Crippen LogP contribution >= 0.6 is 11.3 Å². The summed E-state index contributed by atoms with van der Waals surface area (Å²) in [5, 5.41) is 6.45. The Morgan fingerprint density at radius 3 is 3.00 bits per heavy atom. The van der Waals surface area contributed by atoms with Gasteiger partial charge in [-0.05, 0) is 25.7 Å². The normalized spacial score (nSPS) is 22.5. The van der Waals surface area contributed by atoms with Crippen LogP contribution in [0, 0.1) is 5.92 Å². The highest BCUT2D eigenvalue weighted by atomic mass is 32.1. The second kappa shape index (κ2) is 7.62. The van der Waals surface area contributed by atoms with Gasteiger partial charge in [-0.3, -0.25) is 4.79 Å². The summed E-state index contributed by atoms with van der Waals surface area (Å²) in [5.41, 5.74) is 0.805. The lowest BCUT2D eigenvalue weighted by atomic mass is 9.83. The first-order valence-electron chi connectivity index (χ1n) is 7.59. The minimum Gasteiger partial charge on any atom is -0.466 e. The molecule has 0 aliphatic heterocycles. The molecule has 0 spiro atoms. The van der Waals surface area contributed by atoms with E-state index in [9.17, 15) is 4.79 Å². The topological polar surface area (TPSA) is 51.2 Å². The van der Waals surface area contributed by atoms with E-state index in [1.165, 1.54) is 32.1 Å². The molecule has 0 amide bonds. The van der Waals surface area contributed by atoms with Crippen molar-refractivity contribution in [3.05, 3.63) is 11.1 Å². The van der Waals surface area contributed by atoms with Gasteiger partial charge in [-0.15, -0.1) is 11.3 Å². The van der Waals surface area contributed by atoms with E-state index in [1.807, 2.05) is 12.3 Å². The summed E-state index contributed by atoms with van der Waals surface area (Å²) in [4.78, 5) is 15.9. The maximum absolute atomic E-state index is 11.4. The number of nitrogens with zero attached hydrogens (tertiary/aromatic N) is 1. The van der Waals surface area contributed by atoms with Crippen molar-refractivity contribution in [2.45, 2.75) is 58.4 Å². The predicted molar refractivity (Wildman–Crippen MR) is 82.1 cm³/mol. The van der Waals surface area contributed by atoms with Crippen LogP contribution < -0.4 is 5.32 Å². The van der Waals surface area contributed by atoms with Crippen LogP contribution in [-0.2, 0) is 16.0 Å². The third-order valence-corrected chi connectivity index (χ3v) is 4.75. The number of nitrogens with one attached hydrogen (secondary N) is 1. The van der Waals surface area contributed by atoms with Crippen molar-refractivity contribution in [1.82, 2.24) is 4.98 Å². The maximum Gasteiger partial charge on any atom is 0.311 e. The summed E-state index contributed by atoms with van der Waals surface area (Å²) in [5.74, 6) is 0.551. The summed E-state index contributed by atoms with van der Waals surface area (Å²) in [7, 11) is 0. The van der Waals surface area contributed by atoms with E-state index in [2.05, 4.69) is 17.2 Å². The molecule has 1 aliphatic rings. The molecule has 1 aromatic heterocycles. The van der Waals surface area contributed by atoms with Crippen LogP contribution in [0.3, 0.4) is 0 Å². The molecule has 1 saturated carbocycles. The highest BCUT2D eigenvalue weighted by Crippen LogP contribution is 2.30. The Morgan fingerprint density at radius 1 is 1.45 bits per heavy atom. The van der Waals surface area contributed by atoms with Gasteiger partial charge in [0.2, 0.25) is 0 Å². The molecule has 0 radical (unpaired) electrons. The first-order chi connectivity index (χ1) is 9.72. The summed E-state index contributed by atoms with van der Waals surface area (Å²) in [6, 6.07) is 0.537. The molecule has 1 fully saturated rings. The smallest absolute Gasteiger partial charge is 0.311 e. The predicted octanol–water partition coefficient (Wildman–Crippen LogP) is 3.63. The van der Waals surface area contributed by atoms with Gasteiger partial charge in [0.15, 0.2) is 5.13 Å². The molecule has 1 heterocycles. The monoisotopic (exact) mass is 296 g/mol. The molecular weight excluding hydrogens is 272 g/mol. The molecule has 2 atom stereocenters. The molecule has 2 rings (SSSR count). The number of esters is 1. The molecule has 112 valence electrons. The molecule has 5 heteroatoms. The molecule has 2 unspecified atom stereocenters. The lowest BCUT2D eigenvalue weighted by molar-refractivity contribution is -0.142. The standard InChI is InChI=1S/C15H24N2O2S/c1-3-11-7-5-6-8-13(11)17-15-16-12(10-20-15)9-14(18)19-4-2/h10-11,13H,3-9H2,1-2H3,(H,16,17). The van der Waals surface area contributed by atoms with Gasteiger partial charge < -0.3 is 10.1 Å². The van der Waals surface area contributed by atoms with E-state index in [0.29, 0.717) is 12.6 Å². The number of aromatic nitrogens is 1. The lowest BCUT2D eigenvalue weighted by Gasteiger charge is -2.31. The fourth-order valence-corrected chi connectivity index (χ4v) is 3.63. The van der Waals surface area contributed by atoms with Gasteiger partial charge in [-0.1, -0.05) is 26.2 Å². The molecule has 4 nitrogen and oxygen atoms in total. The van der Waals surface area contributed by atoms with Crippen molar-refractivity contribution in [3.63, 3.8) is 0 Å². The van der Waals surface area contributed by atoms with Crippen molar-refractivity contribution >= 4 is 22.4 Å². The zero-order valence-corrected chi connectivity index (χ0v) is 13.2. The Hall–Kier alpha value is -1.10. The molecule has 0 bridgehead atoms. The lowest BCUT2D eigenvalue weighted by Crippen LogP contribution is -2.31. The maximum atomic E-state index is 11.4. The quantitative estimate of drug-likeness (QED) is 0.814. The molecular formula is C15H24N2O2S. The number of ether oxygens (including phenoxy) is 1. The van der Waals surface area contributed by atoms with Crippen molar-refractivity contribution in [2.75, 3.05) is 11.9 Å². The summed E-state index contributed by atoms with van der Waals surface area (Å²) >= 11 is 1.59. The van der Waals surface area contributed by atoms with Crippen LogP contribution in [0.25, 0.3) is 0 Å². The number of rotatable bonds is 6. The van der Waals surface area contributed by atoms with Gasteiger partial charge in [0.05, 0.1) is 18.7 Å². The van der Waals surface area contributed by atoms with Crippen molar-refractivity contribution in [2.24, 2.45) is 5.92 Å². The average Bonchev–Trinajstić information content (AvgIpc) is 2.87. The van der Waals surface area contributed by atoms with Crippen LogP contribution in [0.1, 0.15) is 51.6 Å². The first kappa shape index (κ1) is 15.3. The Balaban J connectivity index is 1.90. The minimum absolute atomic E-state index is 0.201. The van der Waals surface area contributed by atoms with Crippen molar-refractivity contribution < 1.29 is 9.53 Å². The van der Waals surface area contributed by atoms with Gasteiger partial charge in [0.25, 0.3) is 0 Å². The highest BCUT2D eigenvalue weighted by molar-refractivity contribution is 7.13. The first-order valence-corrected chi connectivity index (χ1v) is 8.47. The van der Waals surface area contributed by atoms with E-state index < -0.39 is 0 Å². The van der Waals surface area contributed by atoms with Gasteiger partial charge in [0.1, 0.15) is 0 Å².